The summed E-state index contributed by atoms with van der Waals surface area (Å²) in [7, 11) is 0. The van der Waals surface area contributed by atoms with Gasteiger partial charge in [-0.05, 0) is 13.8 Å². The lowest BCUT2D eigenvalue weighted by molar-refractivity contribution is -0.145. The van der Waals surface area contributed by atoms with E-state index in [4.69, 9.17) is 9.47 Å². The number of rotatable bonds is 5. The molecule has 0 spiro atoms. The standard InChI is InChI=1S/C12H21NO4S2/c1-9(15)16-5-4-13-11(2,3)6-10(17-8-14)7-12(13,18)19/h8,10,18-19H,4-7H2,1-3H3. The highest BCUT2D eigenvalue weighted by Gasteiger charge is 2.47. The quantitative estimate of drug-likeness (QED) is 0.349. The average Bonchev–Trinajstić information content (AvgIpc) is 2.20. The van der Waals surface area contributed by atoms with Crippen molar-refractivity contribution in [3.05, 3.63) is 0 Å². The van der Waals surface area contributed by atoms with Crippen molar-refractivity contribution in [1.29, 1.82) is 0 Å². The summed E-state index contributed by atoms with van der Waals surface area (Å²) in [6.45, 7) is 6.73. The van der Waals surface area contributed by atoms with Gasteiger partial charge < -0.3 is 9.47 Å². The zero-order valence-electron chi connectivity index (χ0n) is 11.5. The Balaban J connectivity index is 2.72. The predicted molar refractivity (Wildman–Crippen MR) is 78.3 cm³/mol. The topological polar surface area (TPSA) is 55.8 Å². The number of thiol groups is 2. The second-order valence-corrected chi connectivity index (χ2v) is 7.17. The zero-order valence-corrected chi connectivity index (χ0v) is 13.2. The number of hydrogen-bond acceptors (Lipinski definition) is 7. The third-order valence-corrected chi connectivity index (χ3v) is 4.11. The van der Waals surface area contributed by atoms with E-state index in [9.17, 15) is 9.59 Å². The van der Waals surface area contributed by atoms with Crippen LogP contribution in [0.5, 0.6) is 0 Å². The summed E-state index contributed by atoms with van der Waals surface area (Å²) in [5.41, 5.74) is -0.254. The Bertz CT molecular complexity index is 329. The van der Waals surface area contributed by atoms with Gasteiger partial charge in [0, 0.05) is 31.8 Å². The molecule has 0 amide bonds. The molecule has 1 unspecified atom stereocenters. The van der Waals surface area contributed by atoms with Crippen molar-refractivity contribution >= 4 is 37.7 Å². The Morgan fingerprint density at radius 3 is 2.53 bits per heavy atom. The van der Waals surface area contributed by atoms with Gasteiger partial charge in [0.1, 0.15) is 16.9 Å². The first-order valence-electron chi connectivity index (χ1n) is 6.14. The van der Waals surface area contributed by atoms with Crippen LogP contribution in [0.2, 0.25) is 0 Å². The molecule has 1 heterocycles. The van der Waals surface area contributed by atoms with Gasteiger partial charge in [-0.2, -0.15) is 0 Å². The number of likely N-dealkylation sites (tertiary alicyclic amines) is 1. The zero-order chi connectivity index (χ0) is 14.7. The highest BCUT2D eigenvalue weighted by Crippen LogP contribution is 2.43. The van der Waals surface area contributed by atoms with Crippen LogP contribution < -0.4 is 0 Å². The number of carbonyl (C=O) groups excluding carboxylic acids is 2. The van der Waals surface area contributed by atoms with E-state index in [1.807, 2.05) is 13.8 Å². The van der Waals surface area contributed by atoms with E-state index >= 15 is 0 Å². The highest BCUT2D eigenvalue weighted by atomic mass is 32.2. The molecular weight excluding hydrogens is 286 g/mol. The maximum absolute atomic E-state index is 10.8. The molecule has 0 aliphatic carbocycles. The number of hydrogen-bond donors (Lipinski definition) is 2. The van der Waals surface area contributed by atoms with E-state index in [0.717, 1.165) is 0 Å². The molecule has 0 aromatic carbocycles. The maximum atomic E-state index is 10.8. The van der Waals surface area contributed by atoms with Gasteiger partial charge in [0.2, 0.25) is 0 Å². The summed E-state index contributed by atoms with van der Waals surface area (Å²) in [4.78, 5) is 23.3. The lowest BCUT2D eigenvalue weighted by Crippen LogP contribution is -2.60. The van der Waals surface area contributed by atoms with Crippen LogP contribution in [0.1, 0.15) is 33.6 Å². The van der Waals surface area contributed by atoms with E-state index in [2.05, 4.69) is 30.2 Å². The van der Waals surface area contributed by atoms with Crippen molar-refractivity contribution in [3.63, 3.8) is 0 Å². The summed E-state index contributed by atoms with van der Waals surface area (Å²) in [6, 6.07) is 0. The van der Waals surface area contributed by atoms with E-state index in [1.54, 1.807) is 0 Å². The SMILES string of the molecule is CC(=O)OCCN1C(C)(C)CC(OC=O)CC1(S)S. The molecule has 0 saturated carbocycles. The molecular formula is C12H21NO4S2. The minimum atomic E-state index is -0.713. The van der Waals surface area contributed by atoms with Gasteiger partial charge >= 0.3 is 5.97 Å². The number of ether oxygens (including phenoxy) is 2. The van der Waals surface area contributed by atoms with Crippen LogP contribution in [0.25, 0.3) is 0 Å². The number of carbonyl (C=O) groups is 2. The summed E-state index contributed by atoms with van der Waals surface area (Å²) in [6.07, 6.45) is 1.00. The van der Waals surface area contributed by atoms with Crippen LogP contribution >= 0.6 is 25.3 Å². The number of piperidine rings is 1. The lowest BCUT2D eigenvalue weighted by atomic mass is 9.88. The summed E-state index contributed by atoms with van der Waals surface area (Å²) in [5, 5.41) is 0. The van der Waals surface area contributed by atoms with Gasteiger partial charge in [0.25, 0.3) is 6.47 Å². The summed E-state index contributed by atoms with van der Waals surface area (Å²) in [5.74, 6) is -0.305. The molecule has 110 valence electrons. The van der Waals surface area contributed by atoms with Crippen molar-refractivity contribution in [2.45, 2.75) is 49.5 Å². The molecule has 1 fully saturated rings. The fourth-order valence-electron chi connectivity index (χ4n) is 2.58. The van der Waals surface area contributed by atoms with Crippen LogP contribution in [0.3, 0.4) is 0 Å². The van der Waals surface area contributed by atoms with Gasteiger partial charge in [0.05, 0.1) is 0 Å². The molecule has 0 bridgehead atoms. The van der Waals surface area contributed by atoms with Gasteiger partial charge in [-0.15, -0.1) is 25.3 Å². The Morgan fingerprint density at radius 2 is 2.05 bits per heavy atom. The van der Waals surface area contributed by atoms with E-state index in [1.165, 1.54) is 6.92 Å². The molecule has 0 aromatic rings. The second-order valence-electron chi connectivity index (χ2n) is 5.34. The largest absolute Gasteiger partial charge is 0.465 e. The van der Waals surface area contributed by atoms with Gasteiger partial charge in [-0.1, -0.05) is 0 Å². The predicted octanol–water partition coefficient (Wildman–Crippen LogP) is 1.48. The number of nitrogens with zero attached hydrogens (tertiary/aromatic N) is 1. The molecule has 5 nitrogen and oxygen atoms in total. The van der Waals surface area contributed by atoms with Crippen LogP contribution in [0, 0.1) is 0 Å². The van der Waals surface area contributed by atoms with Crippen LogP contribution in [-0.2, 0) is 19.1 Å². The molecule has 1 rings (SSSR count). The number of esters is 1. The van der Waals surface area contributed by atoms with Crippen molar-refractivity contribution in [3.8, 4) is 0 Å². The van der Waals surface area contributed by atoms with Gasteiger partial charge in [-0.25, -0.2) is 0 Å². The normalized spacial score (nSPS) is 25.6. The Morgan fingerprint density at radius 1 is 1.42 bits per heavy atom. The fraction of sp³-hybridized carbons (Fsp3) is 0.833. The summed E-state index contributed by atoms with van der Waals surface area (Å²) < 4.78 is 9.31. The fourth-order valence-corrected chi connectivity index (χ4v) is 3.73. The van der Waals surface area contributed by atoms with E-state index in [-0.39, 0.29) is 17.6 Å². The first-order valence-corrected chi connectivity index (χ1v) is 7.03. The molecule has 1 atom stereocenters. The Kier molecular flexibility index (Phi) is 5.58. The second kappa shape index (κ2) is 6.37. The Labute approximate surface area is 124 Å². The van der Waals surface area contributed by atoms with Gasteiger partial charge in [0.15, 0.2) is 0 Å². The third kappa shape index (κ3) is 4.57. The molecule has 19 heavy (non-hydrogen) atoms. The minimum absolute atomic E-state index is 0.201. The van der Waals surface area contributed by atoms with E-state index in [0.29, 0.717) is 32.5 Å². The summed E-state index contributed by atoms with van der Waals surface area (Å²) >= 11 is 9.11. The Hall–Kier alpha value is -0.400. The molecule has 0 aromatic heterocycles. The molecule has 1 aliphatic heterocycles. The van der Waals surface area contributed by atoms with E-state index < -0.39 is 4.20 Å². The third-order valence-electron chi connectivity index (χ3n) is 3.26. The lowest BCUT2D eigenvalue weighted by Gasteiger charge is -2.53. The molecule has 0 radical (unpaired) electrons. The smallest absolute Gasteiger partial charge is 0.302 e. The first kappa shape index (κ1) is 16.7. The van der Waals surface area contributed by atoms with Gasteiger partial charge in [-0.3, -0.25) is 14.5 Å². The molecule has 7 heteroatoms. The maximum Gasteiger partial charge on any atom is 0.302 e. The van der Waals surface area contributed by atoms with Crippen molar-refractivity contribution in [1.82, 2.24) is 4.90 Å². The van der Waals surface area contributed by atoms with Crippen LogP contribution in [-0.4, -0.2) is 46.3 Å². The average molecular weight is 307 g/mol. The molecule has 1 aliphatic rings. The van der Waals surface area contributed by atoms with Crippen molar-refractivity contribution in [2.24, 2.45) is 0 Å². The minimum Gasteiger partial charge on any atom is -0.465 e. The van der Waals surface area contributed by atoms with Crippen LogP contribution in [0.4, 0.5) is 0 Å². The molecule has 1 saturated heterocycles. The molecule has 0 N–H and O–H groups in total. The van der Waals surface area contributed by atoms with Crippen LogP contribution in [0.15, 0.2) is 0 Å². The highest BCUT2D eigenvalue weighted by molar-refractivity contribution is 8.00. The first-order chi connectivity index (χ1) is 8.69. The monoisotopic (exact) mass is 307 g/mol. The van der Waals surface area contributed by atoms with Crippen molar-refractivity contribution in [2.75, 3.05) is 13.2 Å². The van der Waals surface area contributed by atoms with Crippen molar-refractivity contribution < 1.29 is 19.1 Å².